The molecule has 0 aliphatic heterocycles. The predicted molar refractivity (Wildman–Crippen MR) is 79.8 cm³/mol. The number of halogens is 1. The fourth-order valence-electron chi connectivity index (χ4n) is 2.08. The van der Waals surface area contributed by atoms with Gasteiger partial charge in [0.15, 0.2) is 0 Å². The van der Waals surface area contributed by atoms with Crippen LogP contribution in [0.4, 0.5) is 4.39 Å². The molecule has 0 amide bonds. The van der Waals surface area contributed by atoms with E-state index in [1.807, 2.05) is 12.1 Å². The lowest BCUT2D eigenvalue weighted by Crippen LogP contribution is -2.42. The average molecular weight is 266 g/mol. The van der Waals surface area contributed by atoms with Gasteiger partial charge in [0, 0.05) is 30.2 Å². The van der Waals surface area contributed by atoms with Gasteiger partial charge in [0.25, 0.3) is 0 Å². The second-order valence-electron chi connectivity index (χ2n) is 5.43. The monoisotopic (exact) mass is 266 g/mol. The number of likely N-dealkylation sites (N-methyl/N-ethyl adjacent to an activating group) is 1. The van der Waals surface area contributed by atoms with Crippen LogP contribution in [0, 0.1) is 5.82 Å². The van der Waals surface area contributed by atoms with E-state index in [1.165, 1.54) is 6.07 Å². The van der Waals surface area contributed by atoms with Crippen molar-refractivity contribution >= 4 is 0 Å². The van der Waals surface area contributed by atoms with E-state index in [2.05, 4.69) is 45.0 Å². The van der Waals surface area contributed by atoms with Crippen molar-refractivity contribution in [2.24, 2.45) is 0 Å². The molecule has 3 unspecified atom stereocenters. The first-order valence-electron chi connectivity index (χ1n) is 7.17. The minimum Gasteiger partial charge on any atom is -0.313 e. The summed E-state index contributed by atoms with van der Waals surface area (Å²) in [5.74, 6) is -0.121. The van der Waals surface area contributed by atoms with E-state index >= 15 is 0 Å². The van der Waals surface area contributed by atoms with Gasteiger partial charge in [0.05, 0.1) is 0 Å². The summed E-state index contributed by atoms with van der Waals surface area (Å²) in [5, 5.41) is 3.50. The molecule has 0 aromatic heterocycles. The van der Waals surface area contributed by atoms with Crippen LogP contribution in [-0.2, 0) is 0 Å². The summed E-state index contributed by atoms with van der Waals surface area (Å²) < 4.78 is 13.8. The molecule has 0 saturated carbocycles. The van der Waals surface area contributed by atoms with Gasteiger partial charge in [-0.1, -0.05) is 25.1 Å². The van der Waals surface area contributed by atoms with Gasteiger partial charge in [-0.15, -0.1) is 0 Å². The molecule has 3 heteroatoms. The summed E-state index contributed by atoms with van der Waals surface area (Å²) in [6, 6.07) is 8.00. The highest BCUT2D eigenvalue weighted by Gasteiger charge is 2.19. The second kappa shape index (κ2) is 7.61. The maximum absolute atomic E-state index is 13.8. The molecule has 1 aromatic carbocycles. The van der Waals surface area contributed by atoms with Gasteiger partial charge in [0.1, 0.15) is 5.82 Å². The molecule has 108 valence electrons. The second-order valence-corrected chi connectivity index (χ2v) is 5.43. The van der Waals surface area contributed by atoms with Crippen LogP contribution in [0.2, 0.25) is 0 Å². The fraction of sp³-hybridized carbons (Fsp3) is 0.625. The van der Waals surface area contributed by atoms with Crippen molar-refractivity contribution in [3.8, 4) is 0 Å². The fourth-order valence-corrected chi connectivity index (χ4v) is 2.08. The zero-order chi connectivity index (χ0) is 14.4. The van der Waals surface area contributed by atoms with Crippen molar-refractivity contribution in [1.29, 1.82) is 0 Å². The number of hydrogen-bond donors (Lipinski definition) is 1. The molecule has 1 aromatic rings. The first-order chi connectivity index (χ1) is 8.97. The molecule has 3 atom stereocenters. The van der Waals surface area contributed by atoms with Crippen LogP contribution in [0.25, 0.3) is 0 Å². The number of nitrogens with zero attached hydrogens (tertiary/aromatic N) is 1. The molecule has 1 rings (SSSR count). The standard InChI is InChI=1S/C16H27FN2/c1-6-12(2)18-11-13(3)19(5)14(4)15-9-7-8-10-16(15)17/h7-10,12-14,18H,6,11H2,1-5H3. The molecule has 2 nitrogen and oxygen atoms in total. The molecular weight excluding hydrogens is 239 g/mol. The van der Waals surface area contributed by atoms with Gasteiger partial charge >= 0.3 is 0 Å². The molecule has 0 aliphatic rings. The van der Waals surface area contributed by atoms with Crippen LogP contribution in [0.1, 0.15) is 45.7 Å². The molecule has 0 saturated heterocycles. The number of rotatable bonds is 7. The van der Waals surface area contributed by atoms with Gasteiger partial charge in [0.2, 0.25) is 0 Å². The largest absolute Gasteiger partial charge is 0.313 e. The summed E-state index contributed by atoms with van der Waals surface area (Å²) in [4.78, 5) is 2.22. The molecule has 0 radical (unpaired) electrons. The predicted octanol–water partition coefficient (Wildman–Crippen LogP) is 3.60. The SMILES string of the molecule is CCC(C)NCC(C)N(C)C(C)c1ccccc1F. The molecule has 1 N–H and O–H groups in total. The first-order valence-corrected chi connectivity index (χ1v) is 7.17. The summed E-state index contributed by atoms with van der Waals surface area (Å²) in [6.45, 7) is 9.51. The molecule has 0 spiro atoms. The van der Waals surface area contributed by atoms with Gasteiger partial charge in [-0.2, -0.15) is 0 Å². The number of benzene rings is 1. The topological polar surface area (TPSA) is 15.3 Å². The maximum atomic E-state index is 13.8. The Bertz CT molecular complexity index is 381. The summed E-state index contributed by atoms with van der Waals surface area (Å²) >= 11 is 0. The van der Waals surface area contributed by atoms with E-state index in [4.69, 9.17) is 0 Å². The Morgan fingerprint density at radius 1 is 1.21 bits per heavy atom. The number of hydrogen-bond acceptors (Lipinski definition) is 2. The Hall–Kier alpha value is -0.930. The van der Waals surface area contributed by atoms with Crippen LogP contribution < -0.4 is 5.32 Å². The highest BCUT2D eigenvalue weighted by molar-refractivity contribution is 5.20. The van der Waals surface area contributed by atoms with Crippen LogP contribution in [-0.4, -0.2) is 30.6 Å². The average Bonchev–Trinajstić information content (AvgIpc) is 2.43. The van der Waals surface area contributed by atoms with Crippen molar-refractivity contribution in [1.82, 2.24) is 10.2 Å². The van der Waals surface area contributed by atoms with Crippen LogP contribution in [0.5, 0.6) is 0 Å². The third-order valence-corrected chi connectivity index (χ3v) is 4.04. The van der Waals surface area contributed by atoms with Gasteiger partial charge in [-0.05, 0) is 40.3 Å². The Labute approximate surface area is 117 Å². The summed E-state index contributed by atoms with van der Waals surface area (Å²) in [5.41, 5.74) is 0.764. The maximum Gasteiger partial charge on any atom is 0.127 e. The third kappa shape index (κ3) is 4.59. The lowest BCUT2D eigenvalue weighted by atomic mass is 10.1. The minimum absolute atomic E-state index is 0.0786. The van der Waals surface area contributed by atoms with E-state index in [1.54, 1.807) is 6.07 Å². The van der Waals surface area contributed by atoms with Gasteiger partial charge < -0.3 is 5.32 Å². The van der Waals surface area contributed by atoms with Crippen molar-refractivity contribution in [3.63, 3.8) is 0 Å². The minimum atomic E-state index is -0.121. The Kier molecular flexibility index (Phi) is 6.46. The first kappa shape index (κ1) is 16.1. The highest BCUT2D eigenvalue weighted by Crippen LogP contribution is 2.22. The normalized spacial score (nSPS) is 16.4. The lowest BCUT2D eigenvalue weighted by molar-refractivity contribution is 0.187. The summed E-state index contributed by atoms with van der Waals surface area (Å²) in [6.07, 6.45) is 1.12. The molecule has 0 fully saturated rings. The Morgan fingerprint density at radius 3 is 2.42 bits per heavy atom. The molecule has 0 aliphatic carbocycles. The van der Waals surface area contributed by atoms with Gasteiger partial charge in [-0.25, -0.2) is 4.39 Å². The Morgan fingerprint density at radius 2 is 1.84 bits per heavy atom. The number of nitrogens with one attached hydrogen (secondary N) is 1. The van der Waals surface area contributed by atoms with E-state index < -0.39 is 0 Å². The smallest absolute Gasteiger partial charge is 0.127 e. The molecule has 19 heavy (non-hydrogen) atoms. The van der Waals surface area contributed by atoms with Crippen LogP contribution >= 0.6 is 0 Å². The molecule has 0 heterocycles. The van der Waals surface area contributed by atoms with Crippen molar-refractivity contribution < 1.29 is 4.39 Å². The quantitative estimate of drug-likeness (QED) is 0.811. The van der Waals surface area contributed by atoms with Crippen molar-refractivity contribution in [3.05, 3.63) is 35.6 Å². The van der Waals surface area contributed by atoms with E-state index in [0.717, 1.165) is 18.5 Å². The highest BCUT2D eigenvalue weighted by atomic mass is 19.1. The molecular formula is C16H27FN2. The lowest BCUT2D eigenvalue weighted by Gasteiger charge is -2.32. The van der Waals surface area contributed by atoms with Crippen LogP contribution in [0.15, 0.2) is 24.3 Å². The molecule has 0 bridgehead atoms. The zero-order valence-electron chi connectivity index (χ0n) is 12.8. The summed E-state index contributed by atoms with van der Waals surface area (Å²) in [7, 11) is 2.06. The van der Waals surface area contributed by atoms with Gasteiger partial charge in [-0.3, -0.25) is 4.90 Å². The Balaban J connectivity index is 2.61. The van der Waals surface area contributed by atoms with Crippen molar-refractivity contribution in [2.75, 3.05) is 13.6 Å². The third-order valence-electron chi connectivity index (χ3n) is 4.04. The van der Waals surface area contributed by atoms with E-state index in [9.17, 15) is 4.39 Å². The van der Waals surface area contributed by atoms with Crippen molar-refractivity contribution in [2.45, 2.75) is 52.2 Å². The van der Waals surface area contributed by atoms with E-state index in [0.29, 0.717) is 12.1 Å². The van der Waals surface area contributed by atoms with E-state index in [-0.39, 0.29) is 11.9 Å². The van der Waals surface area contributed by atoms with Crippen LogP contribution in [0.3, 0.4) is 0 Å². The zero-order valence-corrected chi connectivity index (χ0v) is 12.8.